The summed E-state index contributed by atoms with van der Waals surface area (Å²) < 4.78 is 10.8. The predicted molar refractivity (Wildman–Crippen MR) is 110 cm³/mol. The minimum absolute atomic E-state index is 0.0786. The van der Waals surface area contributed by atoms with Crippen molar-refractivity contribution in [2.24, 2.45) is 0 Å². The van der Waals surface area contributed by atoms with Crippen molar-refractivity contribution in [3.8, 4) is 0 Å². The predicted octanol–water partition coefficient (Wildman–Crippen LogP) is 4.27. The Morgan fingerprint density at radius 3 is 2.82 bits per heavy atom. The van der Waals surface area contributed by atoms with Gasteiger partial charge in [0.05, 0.1) is 18.4 Å². The van der Waals surface area contributed by atoms with Gasteiger partial charge in [0.2, 0.25) is 0 Å². The molecule has 1 amide bonds. The van der Waals surface area contributed by atoms with Crippen molar-refractivity contribution >= 4 is 40.3 Å². The molecular weight excluding hydrogens is 374 g/mol. The maximum absolute atomic E-state index is 12.6. The molecule has 1 aliphatic heterocycles. The maximum atomic E-state index is 12.6. The number of nitrogens with zero attached hydrogens (tertiary/aromatic N) is 1. The second-order valence-corrected chi connectivity index (χ2v) is 8.03. The van der Waals surface area contributed by atoms with Gasteiger partial charge in [-0.3, -0.25) is 9.59 Å². The number of carbonyl (C=O) groups excluding carboxylic acids is 2. The van der Waals surface area contributed by atoms with Crippen LogP contribution in [0.15, 0.2) is 52.0 Å². The van der Waals surface area contributed by atoms with Crippen LogP contribution in [0.5, 0.6) is 0 Å². The number of fused-ring (bicyclic) bond motifs is 2. The van der Waals surface area contributed by atoms with Crippen LogP contribution in [0.1, 0.15) is 16.7 Å². The smallest absolute Gasteiger partial charge is 0.310 e. The number of benzene rings is 2. The van der Waals surface area contributed by atoms with Crippen LogP contribution in [0.2, 0.25) is 0 Å². The Labute approximate surface area is 167 Å². The molecule has 144 valence electrons. The average molecular weight is 395 g/mol. The Hall–Kier alpha value is -2.73. The molecule has 5 nitrogen and oxygen atoms in total. The zero-order valence-electron chi connectivity index (χ0n) is 15.9. The van der Waals surface area contributed by atoms with Crippen molar-refractivity contribution in [2.45, 2.75) is 25.2 Å². The second-order valence-electron chi connectivity index (χ2n) is 6.89. The van der Waals surface area contributed by atoms with E-state index in [1.165, 1.54) is 0 Å². The van der Waals surface area contributed by atoms with E-state index in [-0.39, 0.29) is 18.9 Å². The highest BCUT2D eigenvalue weighted by Gasteiger charge is 2.23. The first kappa shape index (κ1) is 18.6. The molecule has 0 atom stereocenters. The van der Waals surface area contributed by atoms with Crippen LogP contribution in [0.25, 0.3) is 11.0 Å². The van der Waals surface area contributed by atoms with Gasteiger partial charge in [-0.1, -0.05) is 12.1 Å². The lowest BCUT2D eigenvalue weighted by molar-refractivity contribution is -0.147. The molecule has 0 unspecified atom stereocenters. The quantitative estimate of drug-likeness (QED) is 0.617. The van der Waals surface area contributed by atoms with E-state index in [1.807, 2.05) is 50.2 Å². The highest BCUT2D eigenvalue weighted by Crippen LogP contribution is 2.34. The maximum Gasteiger partial charge on any atom is 0.310 e. The number of para-hydroxylation sites is 1. The van der Waals surface area contributed by atoms with E-state index in [0.717, 1.165) is 44.0 Å². The molecule has 1 aliphatic rings. The minimum atomic E-state index is -0.436. The number of esters is 1. The van der Waals surface area contributed by atoms with Crippen molar-refractivity contribution < 1.29 is 18.7 Å². The summed E-state index contributed by atoms with van der Waals surface area (Å²) in [5.74, 6) is 0.190. The first-order valence-electron chi connectivity index (χ1n) is 9.18. The van der Waals surface area contributed by atoms with Gasteiger partial charge in [-0.25, -0.2) is 0 Å². The Kier molecular flexibility index (Phi) is 5.13. The molecule has 4 rings (SSSR count). The fourth-order valence-electron chi connectivity index (χ4n) is 3.33. The Morgan fingerprint density at radius 1 is 1.18 bits per heavy atom. The number of carbonyl (C=O) groups is 2. The van der Waals surface area contributed by atoms with E-state index in [2.05, 4.69) is 0 Å². The van der Waals surface area contributed by atoms with E-state index in [9.17, 15) is 9.59 Å². The molecule has 1 aromatic heterocycles. The standard InChI is InChI=1S/C22H21NO4S/c1-14-9-17-16(12-26-19(17)10-15(14)2)11-22(25)27-13-21(24)23-7-8-28-20-6-4-3-5-18(20)23/h3-6,9-10,12H,7-8,11,13H2,1-2H3. The van der Waals surface area contributed by atoms with Gasteiger partial charge in [-0.05, 0) is 49.2 Å². The lowest BCUT2D eigenvalue weighted by atomic mass is 10.0. The third-order valence-corrected chi connectivity index (χ3v) is 6.03. The zero-order chi connectivity index (χ0) is 19.7. The van der Waals surface area contributed by atoms with E-state index >= 15 is 0 Å². The fraction of sp³-hybridized carbons (Fsp3) is 0.273. The monoisotopic (exact) mass is 395 g/mol. The van der Waals surface area contributed by atoms with Gasteiger partial charge in [-0.15, -0.1) is 11.8 Å². The van der Waals surface area contributed by atoms with Gasteiger partial charge >= 0.3 is 5.97 Å². The number of anilines is 1. The van der Waals surface area contributed by atoms with Crippen LogP contribution in [-0.2, 0) is 20.7 Å². The van der Waals surface area contributed by atoms with Crippen LogP contribution in [0, 0.1) is 13.8 Å². The van der Waals surface area contributed by atoms with E-state index in [1.54, 1.807) is 22.9 Å². The molecule has 0 aliphatic carbocycles. The summed E-state index contributed by atoms with van der Waals surface area (Å²) in [5, 5.41) is 0.911. The van der Waals surface area contributed by atoms with Crippen molar-refractivity contribution in [1.82, 2.24) is 0 Å². The van der Waals surface area contributed by atoms with Crippen LogP contribution in [0.4, 0.5) is 5.69 Å². The number of amides is 1. The SMILES string of the molecule is Cc1cc2occ(CC(=O)OCC(=O)N3CCSc4ccccc43)c2cc1C. The lowest BCUT2D eigenvalue weighted by Gasteiger charge is -2.28. The summed E-state index contributed by atoms with van der Waals surface area (Å²) in [6.45, 7) is 4.40. The van der Waals surface area contributed by atoms with Crippen molar-refractivity contribution in [3.63, 3.8) is 0 Å². The van der Waals surface area contributed by atoms with Gasteiger partial charge in [0, 0.05) is 28.1 Å². The molecule has 0 fully saturated rings. The van der Waals surface area contributed by atoms with Gasteiger partial charge in [0.1, 0.15) is 5.58 Å². The summed E-state index contributed by atoms with van der Waals surface area (Å²) in [4.78, 5) is 27.6. The number of furan rings is 1. The van der Waals surface area contributed by atoms with E-state index < -0.39 is 5.97 Å². The minimum Gasteiger partial charge on any atom is -0.464 e. The molecule has 0 radical (unpaired) electrons. The third kappa shape index (κ3) is 3.64. The Morgan fingerprint density at radius 2 is 1.96 bits per heavy atom. The summed E-state index contributed by atoms with van der Waals surface area (Å²) >= 11 is 1.73. The number of aryl methyl sites for hydroxylation is 2. The fourth-order valence-corrected chi connectivity index (χ4v) is 4.32. The summed E-state index contributed by atoms with van der Waals surface area (Å²) in [6.07, 6.45) is 1.67. The first-order chi connectivity index (χ1) is 13.5. The van der Waals surface area contributed by atoms with E-state index in [0.29, 0.717) is 6.54 Å². The average Bonchev–Trinajstić information content (AvgIpc) is 3.07. The number of ether oxygens (including phenoxy) is 1. The second kappa shape index (κ2) is 7.72. The molecule has 0 saturated heterocycles. The first-order valence-corrected chi connectivity index (χ1v) is 10.2. The van der Waals surface area contributed by atoms with Crippen molar-refractivity contribution in [1.29, 1.82) is 0 Å². The van der Waals surface area contributed by atoms with Crippen LogP contribution in [-0.4, -0.2) is 30.8 Å². The molecular formula is C22H21NO4S. The van der Waals surface area contributed by atoms with Crippen LogP contribution >= 0.6 is 11.8 Å². The molecule has 2 aromatic carbocycles. The van der Waals surface area contributed by atoms with Gasteiger partial charge < -0.3 is 14.1 Å². The van der Waals surface area contributed by atoms with Crippen molar-refractivity contribution in [2.75, 3.05) is 23.8 Å². The van der Waals surface area contributed by atoms with Gasteiger partial charge in [-0.2, -0.15) is 0 Å². The molecule has 3 aromatic rings. The van der Waals surface area contributed by atoms with Crippen molar-refractivity contribution in [3.05, 3.63) is 59.4 Å². The summed E-state index contributed by atoms with van der Waals surface area (Å²) in [6, 6.07) is 11.8. The molecule has 0 bridgehead atoms. The Balaban J connectivity index is 1.40. The Bertz CT molecular complexity index is 1060. The molecule has 2 heterocycles. The molecule has 6 heteroatoms. The third-order valence-electron chi connectivity index (χ3n) is 4.99. The number of thioether (sulfide) groups is 1. The summed E-state index contributed by atoms with van der Waals surface area (Å²) in [5.41, 5.74) is 4.69. The molecule has 0 N–H and O–H groups in total. The molecule has 0 saturated carbocycles. The van der Waals surface area contributed by atoms with Crippen LogP contribution < -0.4 is 4.90 Å². The number of hydrogen-bond donors (Lipinski definition) is 0. The number of hydrogen-bond acceptors (Lipinski definition) is 5. The highest BCUT2D eigenvalue weighted by molar-refractivity contribution is 7.99. The van der Waals surface area contributed by atoms with Gasteiger partial charge in [0.15, 0.2) is 6.61 Å². The van der Waals surface area contributed by atoms with Crippen LogP contribution in [0.3, 0.4) is 0 Å². The van der Waals surface area contributed by atoms with Gasteiger partial charge in [0.25, 0.3) is 5.91 Å². The topological polar surface area (TPSA) is 59.8 Å². The lowest BCUT2D eigenvalue weighted by Crippen LogP contribution is -2.38. The normalized spacial score (nSPS) is 13.4. The zero-order valence-corrected chi connectivity index (χ0v) is 16.7. The number of rotatable bonds is 4. The summed E-state index contributed by atoms with van der Waals surface area (Å²) in [7, 11) is 0. The molecule has 28 heavy (non-hydrogen) atoms. The highest BCUT2D eigenvalue weighted by atomic mass is 32.2. The van der Waals surface area contributed by atoms with E-state index in [4.69, 9.17) is 9.15 Å². The largest absolute Gasteiger partial charge is 0.464 e. The molecule has 0 spiro atoms.